The van der Waals surface area contributed by atoms with Gasteiger partial charge >= 0.3 is 0 Å². The molecule has 0 unspecified atom stereocenters. The number of hydrogen-bond acceptors (Lipinski definition) is 2. The Bertz CT molecular complexity index is 703. The van der Waals surface area contributed by atoms with Crippen LogP contribution in [0.3, 0.4) is 0 Å². The number of hydrogen-bond donors (Lipinski definition) is 0. The normalized spacial score (nSPS) is 11.0. The second-order valence-corrected chi connectivity index (χ2v) is 4.35. The van der Waals surface area contributed by atoms with E-state index in [2.05, 4.69) is 4.98 Å². The lowest BCUT2D eigenvalue weighted by molar-refractivity contribution is 0.534. The van der Waals surface area contributed by atoms with Crippen LogP contribution in [-0.4, -0.2) is 4.98 Å². The van der Waals surface area contributed by atoms with Crippen molar-refractivity contribution in [2.75, 3.05) is 0 Å². The van der Waals surface area contributed by atoms with Gasteiger partial charge in [-0.15, -0.1) is 0 Å². The van der Waals surface area contributed by atoms with Gasteiger partial charge in [0.25, 0.3) is 0 Å². The van der Waals surface area contributed by atoms with Crippen molar-refractivity contribution < 1.29 is 8.81 Å². The second-order valence-electron chi connectivity index (χ2n) is 4.35. The van der Waals surface area contributed by atoms with Crippen molar-refractivity contribution >= 4 is 11.1 Å². The Labute approximate surface area is 104 Å². The van der Waals surface area contributed by atoms with E-state index >= 15 is 0 Å². The fraction of sp³-hybridized carbons (Fsp3) is 0.133. The Balaban J connectivity index is 1.98. The van der Waals surface area contributed by atoms with Crippen molar-refractivity contribution in [3.8, 4) is 0 Å². The van der Waals surface area contributed by atoms with Gasteiger partial charge in [-0.2, -0.15) is 0 Å². The van der Waals surface area contributed by atoms with Gasteiger partial charge in [-0.1, -0.05) is 24.3 Å². The predicted molar refractivity (Wildman–Crippen MR) is 68.0 cm³/mol. The van der Waals surface area contributed by atoms with Crippen LogP contribution in [0.15, 0.2) is 46.9 Å². The van der Waals surface area contributed by atoms with Crippen LogP contribution in [0.1, 0.15) is 17.0 Å². The smallest absolute Gasteiger partial charge is 0.200 e. The van der Waals surface area contributed by atoms with Gasteiger partial charge in [0.15, 0.2) is 11.5 Å². The number of fused-ring (bicyclic) bond motifs is 1. The van der Waals surface area contributed by atoms with Crippen LogP contribution in [0.25, 0.3) is 11.1 Å². The highest BCUT2D eigenvalue weighted by Gasteiger charge is 2.09. The van der Waals surface area contributed by atoms with E-state index in [1.54, 1.807) is 12.1 Å². The molecule has 2 nitrogen and oxygen atoms in total. The molecule has 0 aliphatic rings. The van der Waals surface area contributed by atoms with Crippen LogP contribution in [0.2, 0.25) is 0 Å². The highest BCUT2D eigenvalue weighted by molar-refractivity contribution is 5.73. The molecule has 0 N–H and O–H groups in total. The van der Waals surface area contributed by atoms with Crippen molar-refractivity contribution in [3.63, 3.8) is 0 Å². The molecular formula is C15H12FNO. The van der Waals surface area contributed by atoms with Gasteiger partial charge in [-0.25, -0.2) is 9.37 Å². The standard InChI is InChI=1S/C15H12FNO/c1-10-6-7-14-13(8-10)17-15(18-14)9-11-4-2-3-5-12(11)16/h2-8H,9H2,1H3. The Kier molecular flexibility index (Phi) is 2.59. The maximum Gasteiger partial charge on any atom is 0.200 e. The van der Waals surface area contributed by atoms with Gasteiger partial charge in [-0.3, -0.25) is 0 Å². The number of aromatic nitrogens is 1. The fourth-order valence-electron chi connectivity index (χ4n) is 1.97. The summed E-state index contributed by atoms with van der Waals surface area (Å²) in [5.41, 5.74) is 3.29. The topological polar surface area (TPSA) is 26.0 Å². The van der Waals surface area contributed by atoms with Crippen LogP contribution >= 0.6 is 0 Å². The molecule has 0 atom stereocenters. The van der Waals surface area contributed by atoms with E-state index < -0.39 is 0 Å². The molecule has 2 aromatic carbocycles. The van der Waals surface area contributed by atoms with Gasteiger partial charge in [0.2, 0.25) is 0 Å². The van der Waals surface area contributed by atoms with Crippen LogP contribution in [0.5, 0.6) is 0 Å². The molecule has 1 aromatic heterocycles. The van der Waals surface area contributed by atoms with Crippen molar-refractivity contribution in [2.45, 2.75) is 13.3 Å². The third-order valence-electron chi connectivity index (χ3n) is 2.89. The Hall–Kier alpha value is -2.16. The predicted octanol–water partition coefficient (Wildman–Crippen LogP) is 3.87. The van der Waals surface area contributed by atoms with E-state index in [1.807, 2.05) is 31.2 Å². The SMILES string of the molecule is Cc1ccc2oc(Cc3ccccc3F)nc2c1. The molecule has 3 heteroatoms. The number of oxazole rings is 1. The molecule has 0 spiro atoms. The second kappa shape index (κ2) is 4.26. The fourth-order valence-corrected chi connectivity index (χ4v) is 1.97. The zero-order valence-corrected chi connectivity index (χ0v) is 9.98. The van der Waals surface area contributed by atoms with Crippen LogP contribution in [-0.2, 0) is 6.42 Å². The highest BCUT2D eigenvalue weighted by atomic mass is 19.1. The molecule has 0 saturated carbocycles. The molecule has 90 valence electrons. The lowest BCUT2D eigenvalue weighted by Gasteiger charge is -1.98. The van der Waals surface area contributed by atoms with E-state index in [1.165, 1.54) is 6.07 Å². The number of aryl methyl sites for hydroxylation is 1. The van der Waals surface area contributed by atoms with Crippen molar-refractivity contribution in [1.29, 1.82) is 0 Å². The third-order valence-corrected chi connectivity index (χ3v) is 2.89. The van der Waals surface area contributed by atoms with E-state index in [0.717, 1.165) is 16.7 Å². The lowest BCUT2D eigenvalue weighted by atomic mass is 10.1. The average Bonchev–Trinajstić information content (AvgIpc) is 2.73. The highest BCUT2D eigenvalue weighted by Crippen LogP contribution is 2.19. The van der Waals surface area contributed by atoms with E-state index in [4.69, 9.17) is 4.42 Å². The van der Waals surface area contributed by atoms with Gasteiger partial charge < -0.3 is 4.42 Å². The largest absolute Gasteiger partial charge is 0.440 e. The molecule has 0 bridgehead atoms. The van der Waals surface area contributed by atoms with Gasteiger partial charge in [0.05, 0.1) is 6.42 Å². The van der Waals surface area contributed by atoms with Crippen molar-refractivity contribution in [2.24, 2.45) is 0 Å². The summed E-state index contributed by atoms with van der Waals surface area (Å²) in [6.45, 7) is 2.00. The Morgan fingerprint density at radius 2 is 2.00 bits per heavy atom. The first kappa shape index (κ1) is 11.0. The molecule has 0 aliphatic heterocycles. The molecule has 18 heavy (non-hydrogen) atoms. The quantitative estimate of drug-likeness (QED) is 0.680. The first-order valence-electron chi connectivity index (χ1n) is 5.82. The van der Waals surface area contributed by atoms with Gasteiger partial charge in [0, 0.05) is 0 Å². The Morgan fingerprint density at radius 1 is 1.17 bits per heavy atom. The maximum absolute atomic E-state index is 13.5. The number of halogens is 1. The average molecular weight is 241 g/mol. The Morgan fingerprint density at radius 3 is 2.83 bits per heavy atom. The maximum atomic E-state index is 13.5. The summed E-state index contributed by atoms with van der Waals surface area (Å²) in [4.78, 5) is 4.38. The monoisotopic (exact) mass is 241 g/mol. The minimum absolute atomic E-state index is 0.226. The molecule has 3 rings (SSSR count). The summed E-state index contributed by atoms with van der Waals surface area (Å²) in [5, 5.41) is 0. The summed E-state index contributed by atoms with van der Waals surface area (Å²) in [7, 11) is 0. The summed E-state index contributed by atoms with van der Waals surface area (Å²) in [5.74, 6) is 0.316. The molecule has 3 aromatic rings. The van der Waals surface area contributed by atoms with Gasteiger partial charge in [0.1, 0.15) is 11.3 Å². The summed E-state index contributed by atoms with van der Waals surface area (Å²) in [6.07, 6.45) is 0.375. The van der Waals surface area contributed by atoms with Crippen LogP contribution in [0.4, 0.5) is 4.39 Å². The first-order chi connectivity index (χ1) is 8.72. The van der Waals surface area contributed by atoms with Gasteiger partial charge in [-0.05, 0) is 36.2 Å². The number of benzene rings is 2. The molecule has 0 amide bonds. The lowest BCUT2D eigenvalue weighted by Crippen LogP contribution is -1.91. The summed E-state index contributed by atoms with van der Waals surface area (Å²) >= 11 is 0. The van der Waals surface area contributed by atoms with E-state index in [0.29, 0.717) is 17.9 Å². The molecule has 0 saturated heterocycles. The first-order valence-corrected chi connectivity index (χ1v) is 5.82. The zero-order valence-electron chi connectivity index (χ0n) is 9.98. The molecule has 0 aliphatic carbocycles. The summed E-state index contributed by atoms with van der Waals surface area (Å²) in [6, 6.07) is 12.5. The number of nitrogens with zero attached hydrogens (tertiary/aromatic N) is 1. The number of rotatable bonds is 2. The van der Waals surface area contributed by atoms with Crippen molar-refractivity contribution in [1.82, 2.24) is 4.98 Å². The van der Waals surface area contributed by atoms with E-state index in [-0.39, 0.29) is 5.82 Å². The van der Waals surface area contributed by atoms with Crippen molar-refractivity contribution in [3.05, 3.63) is 65.3 Å². The van der Waals surface area contributed by atoms with Crippen LogP contribution in [0, 0.1) is 12.7 Å². The molecule has 1 heterocycles. The van der Waals surface area contributed by atoms with E-state index in [9.17, 15) is 4.39 Å². The zero-order chi connectivity index (χ0) is 12.5. The minimum atomic E-state index is -0.226. The summed E-state index contributed by atoms with van der Waals surface area (Å²) < 4.78 is 19.1. The molecule has 0 fully saturated rings. The molecular weight excluding hydrogens is 229 g/mol. The molecule has 0 radical (unpaired) electrons. The minimum Gasteiger partial charge on any atom is -0.440 e. The third kappa shape index (κ3) is 1.99. The van der Waals surface area contributed by atoms with Crippen LogP contribution < -0.4 is 0 Å².